The summed E-state index contributed by atoms with van der Waals surface area (Å²) in [6.07, 6.45) is 0. The first kappa shape index (κ1) is 18.9. The summed E-state index contributed by atoms with van der Waals surface area (Å²) in [5.41, 5.74) is 3.24. The van der Waals surface area contributed by atoms with E-state index in [-0.39, 0.29) is 0 Å². The van der Waals surface area contributed by atoms with Gasteiger partial charge in [0, 0.05) is 27.6 Å². The van der Waals surface area contributed by atoms with Crippen molar-refractivity contribution in [2.75, 3.05) is 12.4 Å². The zero-order chi connectivity index (χ0) is 22.2. The summed E-state index contributed by atoms with van der Waals surface area (Å²) in [6, 6.07) is 23.4. The number of aromatic amines is 1. The van der Waals surface area contributed by atoms with Crippen LogP contribution in [-0.2, 0) is 0 Å². The minimum Gasteiger partial charge on any atom is -0.497 e. The average molecular weight is 435 g/mol. The van der Waals surface area contributed by atoms with Gasteiger partial charge in [0.2, 0.25) is 5.82 Å². The minimum atomic E-state index is 0.521. The van der Waals surface area contributed by atoms with E-state index in [2.05, 4.69) is 36.1 Å². The summed E-state index contributed by atoms with van der Waals surface area (Å²) in [4.78, 5) is 0. The maximum atomic E-state index is 5.27. The van der Waals surface area contributed by atoms with Gasteiger partial charge in [0.25, 0.3) is 0 Å². The Morgan fingerprint density at radius 2 is 1.70 bits per heavy atom. The summed E-state index contributed by atoms with van der Waals surface area (Å²) in [5, 5.41) is 33.3. The van der Waals surface area contributed by atoms with Crippen LogP contribution in [0.2, 0.25) is 0 Å². The van der Waals surface area contributed by atoms with E-state index < -0.39 is 0 Å². The number of anilines is 2. The molecule has 0 unspecified atom stereocenters. The standard InChI is InChI=1S/C23H17N9O/c1-33-17-11-9-14(10-12-17)22-27-28-23-19-8-3-2-7-18(19)21(29-32(22)23)24-16-6-4-5-15(13-16)20-25-30-31-26-20/h2-13H,1H3,(H,24,29)(H,25,26,30,31). The van der Waals surface area contributed by atoms with E-state index in [1.807, 2.05) is 72.8 Å². The van der Waals surface area contributed by atoms with Crippen LogP contribution >= 0.6 is 0 Å². The molecule has 0 amide bonds. The summed E-state index contributed by atoms with van der Waals surface area (Å²) in [5.74, 6) is 2.61. The third kappa shape index (κ3) is 3.30. The summed E-state index contributed by atoms with van der Waals surface area (Å²) in [6.45, 7) is 0. The van der Waals surface area contributed by atoms with Gasteiger partial charge < -0.3 is 10.1 Å². The molecule has 0 aliphatic heterocycles. The predicted octanol–water partition coefficient (Wildman–Crippen LogP) is 3.88. The monoisotopic (exact) mass is 435 g/mol. The molecule has 0 atom stereocenters. The summed E-state index contributed by atoms with van der Waals surface area (Å²) < 4.78 is 7.03. The van der Waals surface area contributed by atoms with Crippen molar-refractivity contribution in [1.29, 1.82) is 0 Å². The van der Waals surface area contributed by atoms with E-state index in [4.69, 9.17) is 9.84 Å². The molecular formula is C23H17N9O. The van der Waals surface area contributed by atoms with Crippen LogP contribution in [0.4, 0.5) is 11.5 Å². The Bertz CT molecular complexity index is 1570. The molecule has 10 heteroatoms. The van der Waals surface area contributed by atoms with Crippen LogP contribution < -0.4 is 10.1 Å². The van der Waals surface area contributed by atoms with Crippen LogP contribution in [0.3, 0.4) is 0 Å². The zero-order valence-corrected chi connectivity index (χ0v) is 17.5. The van der Waals surface area contributed by atoms with E-state index in [9.17, 15) is 0 Å². The quantitative estimate of drug-likeness (QED) is 0.419. The third-order valence-corrected chi connectivity index (χ3v) is 5.34. The molecule has 3 aromatic heterocycles. The maximum absolute atomic E-state index is 5.27. The van der Waals surface area contributed by atoms with E-state index in [1.54, 1.807) is 11.6 Å². The number of H-pyrrole nitrogens is 1. The Kier molecular flexibility index (Phi) is 4.39. The molecule has 160 valence electrons. The van der Waals surface area contributed by atoms with E-state index >= 15 is 0 Å². The first-order valence-corrected chi connectivity index (χ1v) is 10.2. The maximum Gasteiger partial charge on any atom is 0.204 e. The smallest absolute Gasteiger partial charge is 0.204 e. The van der Waals surface area contributed by atoms with Crippen molar-refractivity contribution in [3.63, 3.8) is 0 Å². The van der Waals surface area contributed by atoms with Crippen LogP contribution in [-0.4, -0.2) is 47.5 Å². The molecule has 10 nitrogen and oxygen atoms in total. The number of nitrogens with zero attached hydrogens (tertiary/aromatic N) is 7. The van der Waals surface area contributed by atoms with Crippen LogP contribution in [0.15, 0.2) is 72.8 Å². The van der Waals surface area contributed by atoms with Crippen molar-refractivity contribution < 1.29 is 4.74 Å². The Labute approximate surface area is 187 Å². The number of hydrogen-bond donors (Lipinski definition) is 2. The molecule has 3 aromatic carbocycles. The van der Waals surface area contributed by atoms with Crippen molar-refractivity contribution in [2.45, 2.75) is 0 Å². The van der Waals surface area contributed by atoms with Gasteiger partial charge in [-0.3, -0.25) is 0 Å². The van der Waals surface area contributed by atoms with Gasteiger partial charge in [0.05, 0.1) is 7.11 Å². The highest BCUT2D eigenvalue weighted by atomic mass is 16.5. The number of nitrogens with one attached hydrogen (secondary N) is 2. The average Bonchev–Trinajstić information content (AvgIpc) is 3.55. The molecule has 2 N–H and O–H groups in total. The number of ether oxygens (including phenoxy) is 1. The highest BCUT2D eigenvalue weighted by Gasteiger charge is 2.16. The molecule has 0 aliphatic carbocycles. The van der Waals surface area contributed by atoms with Crippen molar-refractivity contribution >= 4 is 27.9 Å². The molecule has 0 bridgehead atoms. The van der Waals surface area contributed by atoms with Crippen LogP contribution in [0, 0.1) is 0 Å². The van der Waals surface area contributed by atoms with E-state index in [1.165, 1.54) is 0 Å². The Balaban J connectivity index is 1.49. The van der Waals surface area contributed by atoms with Gasteiger partial charge in [-0.15, -0.1) is 25.5 Å². The molecule has 0 saturated heterocycles. The van der Waals surface area contributed by atoms with Crippen molar-refractivity contribution in [3.8, 4) is 28.5 Å². The number of hydrogen-bond acceptors (Lipinski definition) is 8. The highest BCUT2D eigenvalue weighted by Crippen LogP contribution is 2.30. The second-order valence-corrected chi connectivity index (χ2v) is 7.32. The first-order chi connectivity index (χ1) is 16.3. The van der Waals surface area contributed by atoms with Gasteiger partial charge >= 0.3 is 0 Å². The van der Waals surface area contributed by atoms with Crippen LogP contribution in [0.25, 0.3) is 39.2 Å². The molecule has 6 rings (SSSR count). The normalized spacial score (nSPS) is 11.2. The fourth-order valence-corrected chi connectivity index (χ4v) is 3.75. The number of tetrazole rings is 1. The molecule has 6 aromatic rings. The number of fused-ring (bicyclic) bond motifs is 3. The zero-order valence-electron chi connectivity index (χ0n) is 17.5. The number of benzene rings is 3. The Morgan fingerprint density at radius 1 is 0.848 bits per heavy atom. The summed E-state index contributed by atoms with van der Waals surface area (Å²) in [7, 11) is 1.64. The lowest BCUT2D eigenvalue weighted by Crippen LogP contribution is -2.02. The second kappa shape index (κ2) is 7.68. The molecular weight excluding hydrogens is 418 g/mol. The van der Waals surface area contributed by atoms with E-state index in [0.29, 0.717) is 23.1 Å². The molecule has 0 fully saturated rings. The van der Waals surface area contributed by atoms with Gasteiger partial charge in [0.15, 0.2) is 17.3 Å². The predicted molar refractivity (Wildman–Crippen MR) is 123 cm³/mol. The largest absolute Gasteiger partial charge is 0.497 e. The number of aromatic nitrogens is 8. The van der Waals surface area contributed by atoms with Gasteiger partial charge in [-0.25, -0.2) is 0 Å². The highest BCUT2D eigenvalue weighted by molar-refractivity contribution is 6.01. The lowest BCUT2D eigenvalue weighted by Gasteiger charge is -2.11. The minimum absolute atomic E-state index is 0.521. The lowest BCUT2D eigenvalue weighted by molar-refractivity contribution is 0.415. The van der Waals surface area contributed by atoms with Gasteiger partial charge in [0.1, 0.15) is 5.75 Å². The van der Waals surface area contributed by atoms with Gasteiger partial charge in [-0.1, -0.05) is 36.4 Å². The van der Waals surface area contributed by atoms with Crippen molar-refractivity contribution in [3.05, 3.63) is 72.8 Å². The van der Waals surface area contributed by atoms with Gasteiger partial charge in [-0.05, 0) is 41.6 Å². The Hall–Kier alpha value is -4.86. The third-order valence-electron chi connectivity index (χ3n) is 5.34. The number of methoxy groups -OCH3 is 1. The molecule has 0 spiro atoms. The van der Waals surface area contributed by atoms with Crippen LogP contribution in [0.1, 0.15) is 0 Å². The molecule has 0 aliphatic rings. The van der Waals surface area contributed by atoms with Crippen molar-refractivity contribution in [1.82, 2.24) is 40.4 Å². The SMILES string of the molecule is COc1ccc(-c2nnc3c4ccccc4c(Nc4cccc(-c5nn[nH]n5)c4)nn23)cc1. The fraction of sp³-hybridized carbons (Fsp3) is 0.0435. The summed E-state index contributed by atoms with van der Waals surface area (Å²) >= 11 is 0. The molecule has 0 saturated carbocycles. The first-order valence-electron chi connectivity index (χ1n) is 10.2. The molecule has 33 heavy (non-hydrogen) atoms. The van der Waals surface area contributed by atoms with Crippen molar-refractivity contribution in [2.24, 2.45) is 0 Å². The molecule has 0 radical (unpaired) electrons. The van der Waals surface area contributed by atoms with E-state index in [0.717, 1.165) is 33.3 Å². The lowest BCUT2D eigenvalue weighted by atomic mass is 10.1. The second-order valence-electron chi connectivity index (χ2n) is 7.32. The fourth-order valence-electron chi connectivity index (χ4n) is 3.75. The number of rotatable bonds is 5. The molecule has 3 heterocycles. The Morgan fingerprint density at radius 3 is 2.48 bits per heavy atom. The topological polar surface area (TPSA) is 119 Å². The van der Waals surface area contributed by atoms with Crippen LogP contribution in [0.5, 0.6) is 5.75 Å². The van der Waals surface area contributed by atoms with Gasteiger partial charge in [-0.2, -0.15) is 9.73 Å².